The lowest BCUT2D eigenvalue weighted by Gasteiger charge is -2.43. The minimum absolute atomic E-state index is 0.327. The Morgan fingerprint density at radius 3 is 2.15 bits per heavy atom. The van der Waals surface area contributed by atoms with Crippen LogP contribution in [0, 0.1) is 0 Å². The van der Waals surface area contributed by atoms with E-state index in [1.54, 1.807) is 7.11 Å². The fourth-order valence-corrected chi connectivity index (χ4v) is 5.25. The number of ether oxygens (including phenoxy) is 4. The highest BCUT2D eigenvalue weighted by atomic mass is 35.5. The maximum atomic E-state index is 11.0. The van der Waals surface area contributed by atoms with Crippen molar-refractivity contribution in [1.82, 2.24) is 0 Å². The smallest absolute Gasteiger partial charge is 0.137 e. The van der Waals surface area contributed by atoms with Crippen molar-refractivity contribution >= 4 is 23.4 Å². The molecule has 0 spiro atoms. The van der Waals surface area contributed by atoms with Gasteiger partial charge in [-0.1, -0.05) is 78.0 Å². The van der Waals surface area contributed by atoms with Gasteiger partial charge in [-0.15, -0.1) is 0 Å². The molecular formula is C27H29ClO5S. The Kier molecular flexibility index (Phi) is 8.89. The Morgan fingerprint density at radius 1 is 0.853 bits per heavy atom. The maximum absolute atomic E-state index is 11.0. The molecule has 3 aromatic carbocycles. The largest absolute Gasteiger partial charge is 0.497 e. The second kappa shape index (κ2) is 12.1. The van der Waals surface area contributed by atoms with Crippen LogP contribution in [0.1, 0.15) is 18.1 Å². The third-order valence-electron chi connectivity index (χ3n) is 5.72. The molecule has 1 aliphatic heterocycles. The van der Waals surface area contributed by atoms with Gasteiger partial charge in [0.05, 0.1) is 31.5 Å². The fraction of sp³-hybridized carbons (Fsp3) is 0.333. The van der Waals surface area contributed by atoms with Crippen molar-refractivity contribution in [3.8, 4) is 5.75 Å². The summed E-state index contributed by atoms with van der Waals surface area (Å²) in [4.78, 5) is 0.889. The molecule has 0 aliphatic carbocycles. The highest BCUT2D eigenvalue weighted by Gasteiger charge is 2.45. The van der Waals surface area contributed by atoms with E-state index in [-0.39, 0.29) is 0 Å². The van der Waals surface area contributed by atoms with Gasteiger partial charge in [0.2, 0.25) is 0 Å². The fourth-order valence-electron chi connectivity index (χ4n) is 3.79. The first-order valence-electron chi connectivity index (χ1n) is 11.2. The van der Waals surface area contributed by atoms with Gasteiger partial charge >= 0.3 is 0 Å². The van der Waals surface area contributed by atoms with Crippen LogP contribution in [0.5, 0.6) is 5.75 Å². The third-order valence-corrected chi connectivity index (χ3v) is 7.39. The topological polar surface area (TPSA) is 57.2 Å². The average molecular weight is 501 g/mol. The number of rotatable bonds is 9. The first-order valence-corrected chi connectivity index (χ1v) is 12.5. The van der Waals surface area contributed by atoms with E-state index in [1.807, 2.05) is 85.8 Å². The Labute approximate surface area is 209 Å². The molecule has 5 nitrogen and oxygen atoms in total. The second-order valence-corrected chi connectivity index (χ2v) is 9.68. The Bertz CT molecular complexity index is 1030. The maximum Gasteiger partial charge on any atom is 0.137 e. The number of aliphatic hydroxyl groups excluding tert-OH is 1. The molecule has 0 aromatic heterocycles. The number of hydrogen-bond acceptors (Lipinski definition) is 6. The average Bonchev–Trinajstić information content (AvgIpc) is 2.87. The van der Waals surface area contributed by atoms with Crippen LogP contribution in [0.3, 0.4) is 0 Å². The zero-order valence-corrected chi connectivity index (χ0v) is 20.7. The van der Waals surface area contributed by atoms with Crippen LogP contribution in [0.4, 0.5) is 0 Å². The summed E-state index contributed by atoms with van der Waals surface area (Å²) in [5, 5.41) is 11.7. The minimum atomic E-state index is -0.845. The molecule has 0 radical (unpaired) electrons. The van der Waals surface area contributed by atoms with Crippen LogP contribution < -0.4 is 4.74 Å². The molecule has 0 bridgehead atoms. The number of benzene rings is 3. The second-order valence-electron chi connectivity index (χ2n) is 8.13. The zero-order chi connectivity index (χ0) is 23.9. The normalized spacial score (nSPS) is 24.6. The summed E-state index contributed by atoms with van der Waals surface area (Å²) in [5.41, 5.74) is 1.60. The van der Waals surface area contributed by atoms with E-state index >= 15 is 0 Å². The Balaban J connectivity index is 1.55. The highest BCUT2D eigenvalue weighted by Crippen LogP contribution is 2.39. The first-order chi connectivity index (χ1) is 16.5. The summed E-state index contributed by atoms with van der Waals surface area (Å²) in [6.07, 6.45) is -2.39. The Morgan fingerprint density at radius 2 is 1.47 bits per heavy atom. The monoisotopic (exact) mass is 500 g/mol. The molecular weight excluding hydrogens is 472 g/mol. The van der Waals surface area contributed by atoms with Crippen molar-refractivity contribution in [3.63, 3.8) is 0 Å². The van der Waals surface area contributed by atoms with E-state index in [4.69, 9.17) is 30.5 Å². The molecule has 1 saturated heterocycles. The minimum Gasteiger partial charge on any atom is -0.497 e. The highest BCUT2D eigenvalue weighted by molar-refractivity contribution is 8.00. The molecule has 1 unspecified atom stereocenters. The van der Waals surface area contributed by atoms with Crippen LogP contribution in [-0.4, -0.2) is 42.1 Å². The van der Waals surface area contributed by atoms with Gasteiger partial charge in [0.15, 0.2) is 0 Å². The number of hydrogen-bond donors (Lipinski definition) is 1. The number of halogens is 1. The lowest BCUT2D eigenvalue weighted by molar-refractivity contribution is -0.228. The summed E-state index contributed by atoms with van der Waals surface area (Å²) in [6, 6.07) is 25.2. The molecule has 180 valence electrons. The molecule has 4 rings (SSSR count). The van der Waals surface area contributed by atoms with Crippen LogP contribution >= 0.6 is 23.4 Å². The van der Waals surface area contributed by atoms with Gasteiger partial charge in [-0.3, -0.25) is 0 Å². The van der Waals surface area contributed by atoms with Crippen LogP contribution in [0.2, 0.25) is 5.02 Å². The summed E-state index contributed by atoms with van der Waals surface area (Å²) in [7, 11) is 1.64. The van der Waals surface area contributed by atoms with Gasteiger partial charge in [0.1, 0.15) is 29.5 Å². The Hall–Kier alpha value is -2.06. The van der Waals surface area contributed by atoms with Crippen molar-refractivity contribution in [2.75, 3.05) is 7.11 Å². The van der Waals surface area contributed by atoms with E-state index in [9.17, 15) is 5.11 Å². The SMILES string of the molecule is COc1ccc(CO[C@@H]2[C@H](O)[C@H](C)OC(Sc3ccccc3Cl)[C@H]2OCc2ccccc2)cc1. The predicted octanol–water partition coefficient (Wildman–Crippen LogP) is 5.72. The van der Waals surface area contributed by atoms with E-state index in [0.717, 1.165) is 21.8 Å². The van der Waals surface area contributed by atoms with Crippen LogP contribution in [0.25, 0.3) is 0 Å². The molecule has 1 fully saturated rings. The van der Waals surface area contributed by atoms with E-state index < -0.39 is 29.9 Å². The number of methoxy groups -OCH3 is 1. The van der Waals surface area contributed by atoms with Gasteiger partial charge in [-0.25, -0.2) is 0 Å². The number of aliphatic hydroxyl groups is 1. The summed E-state index contributed by atoms with van der Waals surface area (Å²) < 4.78 is 24.1. The van der Waals surface area contributed by atoms with Gasteiger partial charge < -0.3 is 24.1 Å². The summed E-state index contributed by atoms with van der Waals surface area (Å²) >= 11 is 7.91. The summed E-state index contributed by atoms with van der Waals surface area (Å²) in [5.74, 6) is 0.781. The van der Waals surface area contributed by atoms with Gasteiger partial charge in [-0.2, -0.15) is 0 Å². The zero-order valence-electron chi connectivity index (χ0n) is 19.2. The first kappa shape index (κ1) is 25.0. The molecule has 0 amide bonds. The van der Waals surface area contributed by atoms with Crippen molar-refractivity contribution in [2.45, 2.75) is 54.9 Å². The van der Waals surface area contributed by atoms with Crippen molar-refractivity contribution in [1.29, 1.82) is 0 Å². The lowest BCUT2D eigenvalue weighted by atomic mass is 10.00. The molecule has 34 heavy (non-hydrogen) atoms. The lowest BCUT2D eigenvalue weighted by Crippen LogP contribution is -2.57. The van der Waals surface area contributed by atoms with Gasteiger partial charge in [-0.05, 0) is 42.3 Å². The van der Waals surface area contributed by atoms with Crippen LogP contribution in [0.15, 0.2) is 83.8 Å². The van der Waals surface area contributed by atoms with Crippen molar-refractivity contribution in [2.24, 2.45) is 0 Å². The third kappa shape index (κ3) is 6.33. The van der Waals surface area contributed by atoms with Crippen molar-refractivity contribution < 1.29 is 24.1 Å². The molecule has 1 heterocycles. The molecule has 1 aliphatic rings. The van der Waals surface area contributed by atoms with E-state index in [0.29, 0.717) is 18.2 Å². The molecule has 0 saturated carbocycles. The molecule has 5 atom stereocenters. The standard InChI is InChI=1S/C27H29ClO5S/c1-18-24(29)25(31-17-20-12-14-21(30-2)15-13-20)26(32-16-19-8-4-3-5-9-19)27(33-18)34-23-11-7-6-10-22(23)28/h3-15,18,24-27,29H,16-17H2,1-2H3/t18-,24+,25+,26-,27?/m0/s1. The quantitative estimate of drug-likeness (QED) is 0.405. The van der Waals surface area contributed by atoms with E-state index in [1.165, 1.54) is 11.8 Å². The van der Waals surface area contributed by atoms with Gasteiger partial charge in [0, 0.05) is 4.90 Å². The molecule has 7 heteroatoms. The van der Waals surface area contributed by atoms with E-state index in [2.05, 4.69) is 0 Å². The van der Waals surface area contributed by atoms with Gasteiger partial charge in [0.25, 0.3) is 0 Å². The number of thioether (sulfide) groups is 1. The van der Waals surface area contributed by atoms with Crippen molar-refractivity contribution in [3.05, 3.63) is 95.0 Å². The summed E-state index contributed by atoms with van der Waals surface area (Å²) in [6.45, 7) is 2.55. The predicted molar refractivity (Wildman–Crippen MR) is 134 cm³/mol. The molecule has 1 N–H and O–H groups in total. The van der Waals surface area contributed by atoms with Crippen LogP contribution in [-0.2, 0) is 27.4 Å². The molecule has 3 aromatic rings.